The maximum absolute atomic E-state index is 12.3. The van der Waals surface area contributed by atoms with Crippen LogP contribution in [0.1, 0.15) is 31.4 Å². The van der Waals surface area contributed by atoms with E-state index in [1.165, 1.54) is 13.2 Å². The summed E-state index contributed by atoms with van der Waals surface area (Å²) in [6, 6.07) is 11.2. The Hall–Kier alpha value is -2.90. The van der Waals surface area contributed by atoms with Gasteiger partial charge in [-0.25, -0.2) is 9.78 Å². The van der Waals surface area contributed by atoms with E-state index >= 15 is 0 Å². The highest BCUT2D eigenvalue weighted by Gasteiger charge is 2.14. The monoisotopic (exact) mass is 431 g/mol. The Balaban J connectivity index is 1.57. The molecule has 3 aromatic rings. The quantitative estimate of drug-likeness (QED) is 0.379. The fourth-order valence-corrected chi connectivity index (χ4v) is 3.34. The van der Waals surface area contributed by atoms with Crippen molar-refractivity contribution in [2.24, 2.45) is 0 Å². The SMILES string of the molecule is COc1ccc(C(=O)COC(=O)c2cccc(OCc3csc(C)n3)c2)cc1Cl. The fraction of sp³-hybridized carbons (Fsp3) is 0.190. The lowest BCUT2D eigenvalue weighted by Gasteiger charge is -2.08. The highest BCUT2D eigenvalue weighted by Crippen LogP contribution is 2.25. The number of ether oxygens (including phenoxy) is 3. The first kappa shape index (κ1) is 20.8. The van der Waals surface area contributed by atoms with Gasteiger partial charge < -0.3 is 14.2 Å². The third kappa shape index (κ3) is 5.56. The highest BCUT2D eigenvalue weighted by molar-refractivity contribution is 7.09. The van der Waals surface area contributed by atoms with E-state index in [0.717, 1.165) is 10.7 Å². The van der Waals surface area contributed by atoms with Crippen LogP contribution in [0.4, 0.5) is 0 Å². The van der Waals surface area contributed by atoms with Crippen LogP contribution in [-0.2, 0) is 11.3 Å². The van der Waals surface area contributed by atoms with E-state index in [1.807, 2.05) is 12.3 Å². The van der Waals surface area contributed by atoms with E-state index in [1.54, 1.807) is 47.7 Å². The molecule has 1 aromatic heterocycles. The number of carbonyl (C=O) groups is 2. The number of halogens is 1. The van der Waals surface area contributed by atoms with Gasteiger partial charge in [0.25, 0.3) is 0 Å². The largest absolute Gasteiger partial charge is 0.495 e. The second-order valence-electron chi connectivity index (χ2n) is 6.02. The number of aromatic nitrogens is 1. The van der Waals surface area contributed by atoms with Gasteiger partial charge in [0.2, 0.25) is 0 Å². The lowest BCUT2D eigenvalue weighted by atomic mass is 10.1. The molecule has 0 atom stereocenters. The van der Waals surface area contributed by atoms with Crippen molar-refractivity contribution in [2.75, 3.05) is 13.7 Å². The summed E-state index contributed by atoms with van der Waals surface area (Å²) in [5.41, 5.74) is 1.45. The second-order valence-corrected chi connectivity index (χ2v) is 7.49. The van der Waals surface area contributed by atoms with Crippen LogP contribution in [-0.4, -0.2) is 30.5 Å². The van der Waals surface area contributed by atoms with Gasteiger partial charge in [-0.15, -0.1) is 11.3 Å². The molecule has 6 nitrogen and oxygen atoms in total. The number of methoxy groups -OCH3 is 1. The summed E-state index contributed by atoms with van der Waals surface area (Å²) in [5, 5.41) is 3.19. The number of hydrogen-bond acceptors (Lipinski definition) is 7. The first-order chi connectivity index (χ1) is 14.0. The van der Waals surface area contributed by atoms with Gasteiger partial charge in [0.05, 0.1) is 28.4 Å². The zero-order valence-corrected chi connectivity index (χ0v) is 17.4. The summed E-state index contributed by atoms with van der Waals surface area (Å²) in [6.07, 6.45) is 0. The molecule has 0 amide bonds. The van der Waals surface area contributed by atoms with Crippen LogP contribution in [0.2, 0.25) is 5.02 Å². The maximum atomic E-state index is 12.3. The van der Waals surface area contributed by atoms with E-state index in [0.29, 0.717) is 28.7 Å². The topological polar surface area (TPSA) is 74.7 Å². The second kappa shape index (κ2) is 9.54. The van der Waals surface area contributed by atoms with Crippen LogP contribution < -0.4 is 9.47 Å². The Bertz CT molecular complexity index is 1030. The van der Waals surface area contributed by atoms with Gasteiger partial charge in [0.15, 0.2) is 12.4 Å². The maximum Gasteiger partial charge on any atom is 0.338 e. The van der Waals surface area contributed by atoms with Crippen LogP contribution in [0.15, 0.2) is 47.8 Å². The number of ketones is 1. The zero-order valence-electron chi connectivity index (χ0n) is 15.8. The molecule has 3 rings (SSSR count). The predicted molar refractivity (Wildman–Crippen MR) is 110 cm³/mol. The number of nitrogens with zero attached hydrogens (tertiary/aromatic N) is 1. The van der Waals surface area contributed by atoms with Crippen molar-refractivity contribution in [1.82, 2.24) is 4.98 Å². The summed E-state index contributed by atoms with van der Waals surface area (Å²) in [5.74, 6) is -0.00896. The van der Waals surface area contributed by atoms with Crippen molar-refractivity contribution in [3.63, 3.8) is 0 Å². The molecule has 0 radical (unpaired) electrons. The summed E-state index contributed by atoms with van der Waals surface area (Å²) in [7, 11) is 1.49. The molecule has 0 saturated heterocycles. The molecule has 0 fully saturated rings. The molecule has 0 bridgehead atoms. The number of benzene rings is 2. The summed E-state index contributed by atoms with van der Waals surface area (Å²) < 4.78 is 15.9. The first-order valence-corrected chi connectivity index (χ1v) is 9.90. The summed E-state index contributed by atoms with van der Waals surface area (Å²) in [4.78, 5) is 28.9. The zero-order chi connectivity index (χ0) is 20.8. The van der Waals surface area contributed by atoms with Gasteiger partial charge in [-0.05, 0) is 43.3 Å². The number of Topliss-reactive ketones (excluding diaryl/α,β-unsaturated/α-hetero) is 1. The average Bonchev–Trinajstić information content (AvgIpc) is 3.15. The molecular formula is C21H18ClNO5S. The Kier molecular flexibility index (Phi) is 6.85. The Labute approximate surface area is 177 Å². The molecular weight excluding hydrogens is 414 g/mol. The van der Waals surface area contributed by atoms with Gasteiger partial charge >= 0.3 is 5.97 Å². The standard InChI is InChI=1S/C21H18ClNO5S/c1-13-23-16(12-29-13)10-27-17-5-3-4-15(8-17)21(25)28-11-19(24)14-6-7-20(26-2)18(22)9-14/h3-9,12H,10-11H2,1-2H3. The molecule has 150 valence electrons. The van der Waals surface area contributed by atoms with E-state index in [-0.39, 0.29) is 11.3 Å². The van der Waals surface area contributed by atoms with Crippen LogP contribution in [0.25, 0.3) is 0 Å². The van der Waals surface area contributed by atoms with Gasteiger partial charge in [0.1, 0.15) is 18.1 Å². The molecule has 0 unspecified atom stereocenters. The van der Waals surface area contributed by atoms with Gasteiger partial charge in [0, 0.05) is 10.9 Å². The van der Waals surface area contributed by atoms with Crippen molar-refractivity contribution in [1.29, 1.82) is 0 Å². The molecule has 0 aliphatic carbocycles. The Morgan fingerprint density at radius 2 is 1.97 bits per heavy atom. The highest BCUT2D eigenvalue weighted by atomic mass is 35.5. The number of hydrogen-bond donors (Lipinski definition) is 0. The smallest absolute Gasteiger partial charge is 0.338 e. The van der Waals surface area contributed by atoms with Crippen LogP contribution in [0.5, 0.6) is 11.5 Å². The molecule has 0 spiro atoms. The van der Waals surface area contributed by atoms with E-state index in [2.05, 4.69) is 4.98 Å². The first-order valence-electron chi connectivity index (χ1n) is 8.64. The third-order valence-corrected chi connectivity index (χ3v) is 5.05. The minimum Gasteiger partial charge on any atom is -0.495 e. The summed E-state index contributed by atoms with van der Waals surface area (Å²) in [6.45, 7) is 1.83. The van der Waals surface area contributed by atoms with Crippen molar-refractivity contribution in [2.45, 2.75) is 13.5 Å². The molecule has 29 heavy (non-hydrogen) atoms. The average molecular weight is 432 g/mol. The van der Waals surface area contributed by atoms with E-state index < -0.39 is 12.6 Å². The molecule has 0 aliphatic heterocycles. The van der Waals surface area contributed by atoms with Crippen LogP contribution in [0, 0.1) is 6.92 Å². The van der Waals surface area contributed by atoms with Crippen LogP contribution >= 0.6 is 22.9 Å². The summed E-state index contributed by atoms with van der Waals surface area (Å²) >= 11 is 7.57. The van der Waals surface area contributed by atoms with Crippen LogP contribution in [0.3, 0.4) is 0 Å². The third-order valence-electron chi connectivity index (χ3n) is 3.93. The lowest BCUT2D eigenvalue weighted by molar-refractivity contribution is 0.0474. The van der Waals surface area contributed by atoms with E-state index in [9.17, 15) is 9.59 Å². The minimum atomic E-state index is -0.618. The molecule has 0 N–H and O–H groups in total. The van der Waals surface area contributed by atoms with Gasteiger partial charge in [-0.2, -0.15) is 0 Å². The number of esters is 1. The van der Waals surface area contributed by atoms with Gasteiger partial charge in [-0.1, -0.05) is 17.7 Å². The normalized spacial score (nSPS) is 10.4. The molecule has 0 saturated carbocycles. The lowest BCUT2D eigenvalue weighted by Crippen LogP contribution is -2.14. The minimum absolute atomic E-state index is 0.289. The van der Waals surface area contributed by atoms with Gasteiger partial charge in [-0.3, -0.25) is 4.79 Å². The Morgan fingerprint density at radius 1 is 1.14 bits per heavy atom. The van der Waals surface area contributed by atoms with Crippen molar-refractivity contribution in [3.05, 3.63) is 74.7 Å². The number of aryl methyl sites for hydroxylation is 1. The van der Waals surface area contributed by atoms with Crippen molar-refractivity contribution < 1.29 is 23.8 Å². The predicted octanol–water partition coefficient (Wildman–Crippen LogP) is 4.73. The number of thiazole rings is 1. The number of carbonyl (C=O) groups excluding carboxylic acids is 2. The molecule has 0 aliphatic rings. The molecule has 8 heteroatoms. The van der Waals surface area contributed by atoms with Crippen molar-refractivity contribution >= 4 is 34.7 Å². The van der Waals surface area contributed by atoms with Crippen molar-refractivity contribution in [3.8, 4) is 11.5 Å². The number of rotatable bonds is 8. The fourth-order valence-electron chi connectivity index (χ4n) is 2.48. The van der Waals surface area contributed by atoms with E-state index in [4.69, 9.17) is 25.8 Å². The molecule has 2 aromatic carbocycles. The molecule has 1 heterocycles. The Morgan fingerprint density at radius 3 is 2.66 bits per heavy atom.